The van der Waals surface area contributed by atoms with E-state index in [1.54, 1.807) is 0 Å². The van der Waals surface area contributed by atoms with E-state index in [4.69, 9.17) is 0 Å². The summed E-state index contributed by atoms with van der Waals surface area (Å²) in [4.78, 5) is 4.35. The van der Waals surface area contributed by atoms with Crippen molar-refractivity contribution in [3.05, 3.63) is 23.8 Å². The van der Waals surface area contributed by atoms with Crippen LogP contribution in [0.2, 0.25) is 0 Å². The maximum absolute atomic E-state index is 4.35. The highest BCUT2D eigenvalue weighted by atomic mass is 15.1. The van der Waals surface area contributed by atoms with Gasteiger partial charge in [0.2, 0.25) is 0 Å². The zero-order valence-corrected chi connectivity index (χ0v) is 8.20. The number of imidazole rings is 1. The third kappa shape index (κ3) is 1.58. The maximum Gasteiger partial charge on any atom is 0.115 e. The van der Waals surface area contributed by atoms with Crippen LogP contribution in [-0.4, -0.2) is 9.55 Å². The summed E-state index contributed by atoms with van der Waals surface area (Å²) in [6.45, 7) is 8.39. The second-order valence-electron chi connectivity index (χ2n) is 3.26. The summed E-state index contributed by atoms with van der Waals surface area (Å²) < 4.78 is 2.13. The molecule has 0 amide bonds. The lowest BCUT2D eigenvalue weighted by molar-refractivity contribution is 0.759. The fourth-order valence-electron chi connectivity index (χ4n) is 1.23. The Bertz CT molecular complexity index is 282. The average molecular weight is 164 g/mol. The molecule has 2 nitrogen and oxygen atoms in total. The fourth-order valence-corrected chi connectivity index (χ4v) is 1.23. The molecule has 0 aromatic carbocycles. The Balaban J connectivity index is 3.12. The Morgan fingerprint density at radius 3 is 2.67 bits per heavy atom. The van der Waals surface area contributed by atoms with Crippen LogP contribution >= 0.6 is 0 Å². The van der Waals surface area contributed by atoms with Gasteiger partial charge in [-0.2, -0.15) is 0 Å². The number of hydrogen-bond donors (Lipinski definition) is 0. The van der Waals surface area contributed by atoms with Crippen molar-refractivity contribution in [2.75, 3.05) is 0 Å². The first kappa shape index (κ1) is 9.04. The van der Waals surface area contributed by atoms with Gasteiger partial charge in [0.25, 0.3) is 0 Å². The number of hydrogen-bond acceptors (Lipinski definition) is 1. The van der Waals surface area contributed by atoms with Gasteiger partial charge >= 0.3 is 0 Å². The van der Waals surface area contributed by atoms with Crippen LogP contribution in [0.1, 0.15) is 38.2 Å². The van der Waals surface area contributed by atoms with Gasteiger partial charge in [-0.25, -0.2) is 4.98 Å². The van der Waals surface area contributed by atoms with Gasteiger partial charge in [-0.1, -0.05) is 19.9 Å². The molecule has 1 heterocycles. The summed E-state index contributed by atoms with van der Waals surface area (Å²) in [5.41, 5.74) is 1.19. The van der Waals surface area contributed by atoms with Crippen molar-refractivity contribution < 1.29 is 0 Å². The van der Waals surface area contributed by atoms with E-state index in [0.717, 1.165) is 5.82 Å². The molecular formula is C10H16N2. The molecule has 66 valence electrons. The Kier molecular flexibility index (Phi) is 2.69. The van der Waals surface area contributed by atoms with Crippen LogP contribution in [0, 0.1) is 6.92 Å². The molecule has 0 aliphatic carbocycles. The van der Waals surface area contributed by atoms with Gasteiger partial charge in [-0.05, 0) is 13.8 Å². The highest BCUT2D eigenvalue weighted by molar-refractivity contribution is 5.28. The standard InChI is InChI=1S/C10H16N2/c1-5-6-12-9(4)7-11-10(12)8(2)3/h5-8H,1-4H3/b6-5-. The molecule has 0 saturated heterocycles. The van der Waals surface area contributed by atoms with Crippen LogP contribution in [0.4, 0.5) is 0 Å². The SMILES string of the molecule is C/C=C\n1c(C)cnc1C(C)C. The van der Waals surface area contributed by atoms with E-state index in [2.05, 4.69) is 36.5 Å². The van der Waals surface area contributed by atoms with Crippen LogP contribution < -0.4 is 0 Å². The van der Waals surface area contributed by atoms with Gasteiger partial charge in [0, 0.05) is 24.0 Å². The summed E-state index contributed by atoms with van der Waals surface area (Å²) in [6.07, 6.45) is 5.99. The zero-order chi connectivity index (χ0) is 9.14. The third-order valence-electron chi connectivity index (χ3n) is 1.83. The lowest BCUT2D eigenvalue weighted by atomic mass is 10.2. The first-order chi connectivity index (χ1) is 5.66. The summed E-state index contributed by atoms with van der Waals surface area (Å²) in [6, 6.07) is 0. The Labute approximate surface area is 73.9 Å². The minimum atomic E-state index is 0.481. The molecule has 1 aromatic heterocycles. The molecule has 0 N–H and O–H groups in total. The molecular weight excluding hydrogens is 148 g/mol. The quantitative estimate of drug-likeness (QED) is 0.657. The van der Waals surface area contributed by atoms with E-state index in [1.807, 2.05) is 19.2 Å². The largest absolute Gasteiger partial charge is 0.308 e. The van der Waals surface area contributed by atoms with Gasteiger partial charge in [-0.15, -0.1) is 0 Å². The summed E-state index contributed by atoms with van der Waals surface area (Å²) in [5.74, 6) is 1.61. The first-order valence-electron chi connectivity index (χ1n) is 4.33. The van der Waals surface area contributed by atoms with E-state index in [-0.39, 0.29) is 0 Å². The van der Waals surface area contributed by atoms with Crippen LogP contribution in [-0.2, 0) is 0 Å². The van der Waals surface area contributed by atoms with E-state index >= 15 is 0 Å². The highest BCUT2D eigenvalue weighted by Crippen LogP contribution is 2.14. The molecule has 0 bridgehead atoms. The topological polar surface area (TPSA) is 17.8 Å². The van der Waals surface area contributed by atoms with E-state index < -0.39 is 0 Å². The van der Waals surface area contributed by atoms with Crippen molar-refractivity contribution in [2.24, 2.45) is 0 Å². The summed E-state index contributed by atoms with van der Waals surface area (Å²) in [5, 5.41) is 0. The molecule has 0 saturated carbocycles. The van der Waals surface area contributed by atoms with Crippen LogP contribution in [0.15, 0.2) is 12.3 Å². The normalized spacial score (nSPS) is 11.8. The molecule has 0 radical (unpaired) electrons. The Morgan fingerprint density at radius 1 is 1.50 bits per heavy atom. The lowest BCUT2D eigenvalue weighted by Crippen LogP contribution is -1.99. The van der Waals surface area contributed by atoms with Gasteiger partial charge in [0.15, 0.2) is 0 Å². The van der Waals surface area contributed by atoms with Crippen molar-refractivity contribution in [1.82, 2.24) is 9.55 Å². The smallest absolute Gasteiger partial charge is 0.115 e. The molecule has 0 aliphatic rings. The van der Waals surface area contributed by atoms with Gasteiger partial charge < -0.3 is 4.57 Å². The average Bonchev–Trinajstić information content (AvgIpc) is 2.34. The predicted molar refractivity (Wildman–Crippen MR) is 52.1 cm³/mol. The number of aryl methyl sites for hydroxylation is 1. The number of aromatic nitrogens is 2. The van der Waals surface area contributed by atoms with Crippen molar-refractivity contribution in [1.29, 1.82) is 0 Å². The second kappa shape index (κ2) is 3.57. The predicted octanol–water partition coefficient (Wildman–Crippen LogP) is 2.81. The Morgan fingerprint density at radius 2 is 2.17 bits per heavy atom. The monoisotopic (exact) mass is 164 g/mol. The molecule has 0 atom stereocenters. The van der Waals surface area contributed by atoms with Gasteiger partial charge in [0.1, 0.15) is 5.82 Å². The van der Waals surface area contributed by atoms with Gasteiger partial charge in [-0.3, -0.25) is 0 Å². The van der Waals surface area contributed by atoms with Gasteiger partial charge in [0.05, 0.1) is 0 Å². The van der Waals surface area contributed by atoms with E-state index in [9.17, 15) is 0 Å². The molecule has 1 aromatic rings. The third-order valence-corrected chi connectivity index (χ3v) is 1.83. The number of nitrogens with zero attached hydrogens (tertiary/aromatic N) is 2. The lowest BCUT2D eigenvalue weighted by Gasteiger charge is -2.06. The Hall–Kier alpha value is -1.05. The number of allylic oxidation sites excluding steroid dienone is 1. The molecule has 0 fully saturated rings. The fraction of sp³-hybridized carbons (Fsp3) is 0.500. The molecule has 12 heavy (non-hydrogen) atoms. The second-order valence-corrected chi connectivity index (χ2v) is 3.26. The number of rotatable bonds is 2. The minimum Gasteiger partial charge on any atom is -0.308 e. The van der Waals surface area contributed by atoms with Crippen molar-refractivity contribution in [3.8, 4) is 0 Å². The minimum absolute atomic E-state index is 0.481. The van der Waals surface area contributed by atoms with Crippen LogP contribution in [0.5, 0.6) is 0 Å². The van der Waals surface area contributed by atoms with Crippen molar-refractivity contribution in [2.45, 2.75) is 33.6 Å². The van der Waals surface area contributed by atoms with E-state index in [1.165, 1.54) is 5.69 Å². The molecule has 0 spiro atoms. The van der Waals surface area contributed by atoms with Crippen molar-refractivity contribution in [3.63, 3.8) is 0 Å². The first-order valence-corrected chi connectivity index (χ1v) is 4.33. The summed E-state index contributed by atoms with van der Waals surface area (Å²) >= 11 is 0. The van der Waals surface area contributed by atoms with Crippen molar-refractivity contribution >= 4 is 6.20 Å². The van der Waals surface area contributed by atoms with Crippen LogP contribution in [0.3, 0.4) is 0 Å². The maximum atomic E-state index is 4.35. The molecule has 2 heteroatoms. The highest BCUT2D eigenvalue weighted by Gasteiger charge is 2.07. The molecule has 0 unspecified atom stereocenters. The molecule has 1 rings (SSSR count). The van der Waals surface area contributed by atoms with E-state index in [0.29, 0.717) is 5.92 Å². The zero-order valence-electron chi connectivity index (χ0n) is 8.20. The van der Waals surface area contributed by atoms with Crippen LogP contribution in [0.25, 0.3) is 6.20 Å². The molecule has 0 aliphatic heterocycles. The summed E-state index contributed by atoms with van der Waals surface area (Å²) in [7, 11) is 0.